The minimum atomic E-state index is 0.578. The molecule has 1 aromatic carbocycles. The van der Waals surface area contributed by atoms with Crippen molar-refractivity contribution in [2.75, 3.05) is 13.7 Å². The number of ether oxygens (including phenoxy) is 1. The van der Waals surface area contributed by atoms with Crippen molar-refractivity contribution >= 4 is 11.3 Å². The molecule has 0 saturated heterocycles. The molecule has 0 atom stereocenters. The molecular weight excluding hydrogens is 268 g/mol. The van der Waals surface area contributed by atoms with Crippen molar-refractivity contribution in [1.82, 2.24) is 10.3 Å². The van der Waals surface area contributed by atoms with E-state index >= 15 is 0 Å². The number of benzene rings is 1. The Hall–Kier alpha value is -1.23. The second-order valence-corrected chi connectivity index (χ2v) is 6.37. The van der Waals surface area contributed by atoms with E-state index in [0.29, 0.717) is 12.5 Å². The van der Waals surface area contributed by atoms with Gasteiger partial charge in [0, 0.05) is 24.1 Å². The molecule has 3 nitrogen and oxygen atoms in total. The molecule has 20 heavy (non-hydrogen) atoms. The normalized spacial score (nSPS) is 11.2. The predicted octanol–water partition coefficient (Wildman–Crippen LogP) is 3.70. The first-order valence-corrected chi connectivity index (χ1v) is 7.76. The molecule has 1 N–H and O–H groups in total. The van der Waals surface area contributed by atoms with E-state index in [-0.39, 0.29) is 0 Å². The Bertz CT molecular complexity index is 523. The SMILES string of the molecule is COCc1nc(-c2ccccc2)c(CNCC(C)C)s1. The summed E-state index contributed by atoms with van der Waals surface area (Å²) in [5.41, 5.74) is 2.26. The lowest BCUT2D eigenvalue weighted by Gasteiger charge is -2.07. The molecule has 0 amide bonds. The lowest BCUT2D eigenvalue weighted by atomic mass is 10.1. The van der Waals surface area contributed by atoms with Gasteiger partial charge in [0.2, 0.25) is 0 Å². The molecule has 0 aliphatic carbocycles. The molecule has 2 rings (SSSR count). The number of aromatic nitrogens is 1. The molecule has 0 fully saturated rings. The van der Waals surface area contributed by atoms with Crippen LogP contribution in [0.5, 0.6) is 0 Å². The number of nitrogens with one attached hydrogen (secondary N) is 1. The Labute approximate surface area is 125 Å². The maximum Gasteiger partial charge on any atom is 0.119 e. The van der Waals surface area contributed by atoms with Crippen molar-refractivity contribution in [1.29, 1.82) is 0 Å². The van der Waals surface area contributed by atoms with Crippen molar-refractivity contribution in [2.45, 2.75) is 27.0 Å². The Morgan fingerprint density at radius 2 is 2.00 bits per heavy atom. The smallest absolute Gasteiger partial charge is 0.119 e. The molecule has 108 valence electrons. The first-order valence-electron chi connectivity index (χ1n) is 6.94. The highest BCUT2D eigenvalue weighted by molar-refractivity contribution is 7.12. The summed E-state index contributed by atoms with van der Waals surface area (Å²) < 4.78 is 5.20. The molecular formula is C16H22N2OS. The Morgan fingerprint density at radius 3 is 2.65 bits per heavy atom. The van der Waals surface area contributed by atoms with Gasteiger partial charge in [0.1, 0.15) is 5.01 Å². The standard InChI is InChI=1S/C16H22N2OS/c1-12(2)9-17-10-14-16(13-7-5-4-6-8-13)18-15(20-14)11-19-3/h4-8,12,17H,9-11H2,1-3H3. The van der Waals surface area contributed by atoms with Gasteiger partial charge in [-0.15, -0.1) is 11.3 Å². The van der Waals surface area contributed by atoms with Crippen molar-refractivity contribution in [3.8, 4) is 11.3 Å². The fourth-order valence-corrected chi connectivity index (χ4v) is 3.03. The number of thiazole rings is 1. The third-order valence-electron chi connectivity index (χ3n) is 2.89. The van der Waals surface area contributed by atoms with E-state index in [1.165, 1.54) is 10.4 Å². The van der Waals surface area contributed by atoms with E-state index in [2.05, 4.69) is 43.4 Å². The summed E-state index contributed by atoms with van der Waals surface area (Å²) in [7, 11) is 1.71. The molecule has 0 unspecified atom stereocenters. The molecule has 2 aromatic rings. The number of hydrogen-bond acceptors (Lipinski definition) is 4. The van der Waals surface area contributed by atoms with Gasteiger partial charge in [0.25, 0.3) is 0 Å². The van der Waals surface area contributed by atoms with Gasteiger partial charge in [-0.1, -0.05) is 44.2 Å². The average molecular weight is 290 g/mol. The van der Waals surface area contributed by atoms with Crippen molar-refractivity contribution in [2.24, 2.45) is 5.92 Å². The van der Waals surface area contributed by atoms with Crippen LogP contribution in [0, 0.1) is 5.92 Å². The van der Waals surface area contributed by atoms with Crippen molar-refractivity contribution < 1.29 is 4.74 Å². The summed E-state index contributed by atoms with van der Waals surface area (Å²) in [5.74, 6) is 0.654. The average Bonchev–Trinajstić information content (AvgIpc) is 2.83. The summed E-state index contributed by atoms with van der Waals surface area (Å²) in [6.07, 6.45) is 0. The van der Waals surface area contributed by atoms with Crippen LogP contribution in [0.3, 0.4) is 0 Å². The fraction of sp³-hybridized carbons (Fsp3) is 0.438. The molecule has 0 bridgehead atoms. The first-order chi connectivity index (χ1) is 9.70. The zero-order valence-corrected chi connectivity index (χ0v) is 13.2. The molecule has 4 heteroatoms. The second-order valence-electron chi connectivity index (χ2n) is 5.20. The third-order valence-corrected chi connectivity index (χ3v) is 3.92. The highest BCUT2D eigenvalue weighted by atomic mass is 32.1. The summed E-state index contributed by atoms with van der Waals surface area (Å²) in [5, 5.41) is 4.53. The van der Waals surface area contributed by atoms with Gasteiger partial charge < -0.3 is 10.1 Å². The van der Waals surface area contributed by atoms with Crippen LogP contribution in [0.15, 0.2) is 30.3 Å². The molecule has 1 aromatic heterocycles. The van der Waals surface area contributed by atoms with E-state index < -0.39 is 0 Å². The molecule has 0 aliphatic heterocycles. The second kappa shape index (κ2) is 7.53. The largest absolute Gasteiger partial charge is 0.378 e. The Balaban J connectivity index is 2.19. The molecule has 0 saturated carbocycles. The van der Waals surface area contributed by atoms with Crippen LogP contribution in [0.4, 0.5) is 0 Å². The molecule has 0 aliphatic rings. The van der Waals surface area contributed by atoms with E-state index in [9.17, 15) is 0 Å². The van der Waals surface area contributed by atoms with Crippen LogP contribution in [-0.2, 0) is 17.9 Å². The summed E-state index contributed by atoms with van der Waals surface area (Å²) in [6.45, 7) is 6.90. The van der Waals surface area contributed by atoms with E-state index in [1.54, 1.807) is 18.4 Å². The van der Waals surface area contributed by atoms with Crippen LogP contribution in [-0.4, -0.2) is 18.6 Å². The van der Waals surface area contributed by atoms with Crippen LogP contribution in [0.2, 0.25) is 0 Å². The summed E-state index contributed by atoms with van der Waals surface area (Å²) in [6, 6.07) is 10.4. The minimum Gasteiger partial charge on any atom is -0.378 e. The number of methoxy groups -OCH3 is 1. The Kier molecular flexibility index (Phi) is 5.71. The van der Waals surface area contributed by atoms with Crippen LogP contribution in [0.25, 0.3) is 11.3 Å². The monoisotopic (exact) mass is 290 g/mol. The lowest BCUT2D eigenvalue weighted by molar-refractivity contribution is 0.184. The molecule has 0 radical (unpaired) electrons. The van der Waals surface area contributed by atoms with Gasteiger partial charge in [-0.2, -0.15) is 0 Å². The quantitative estimate of drug-likeness (QED) is 0.844. The fourth-order valence-electron chi connectivity index (χ4n) is 2.00. The van der Waals surface area contributed by atoms with Gasteiger partial charge in [-0.05, 0) is 12.5 Å². The lowest BCUT2D eigenvalue weighted by Crippen LogP contribution is -2.18. The topological polar surface area (TPSA) is 34.1 Å². The van der Waals surface area contributed by atoms with Gasteiger partial charge in [-0.25, -0.2) is 4.98 Å². The van der Waals surface area contributed by atoms with Gasteiger partial charge in [0.15, 0.2) is 0 Å². The maximum atomic E-state index is 5.20. The first kappa shape index (κ1) is 15.2. The summed E-state index contributed by atoms with van der Waals surface area (Å²) in [4.78, 5) is 6.00. The van der Waals surface area contributed by atoms with Gasteiger partial charge in [-0.3, -0.25) is 0 Å². The molecule has 0 spiro atoms. The van der Waals surface area contributed by atoms with Crippen LogP contribution in [0.1, 0.15) is 23.7 Å². The zero-order valence-electron chi connectivity index (χ0n) is 12.3. The number of hydrogen-bond donors (Lipinski definition) is 1. The molecule has 1 heterocycles. The van der Waals surface area contributed by atoms with E-state index in [4.69, 9.17) is 9.72 Å². The third kappa shape index (κ3) is 4.13. The summed E-state index contributed by atoms with van der Waals surface area (Å²) >= 11 is 1.73. The number of rotatable bonds is 7. The maximum absolute atomic E-state index is 5.20. The van der Waals surface area contributed by atoms with E-state index in [0.717, 1.165) is 23.8 Å². The minimum absolute atomic E-state index is 0.578. The number of nitrogens with zero attached hydrogens (tertiary/aromatic N) is 1. The van der Waals surface area contributed by atoms with Crippen LogP contribution >= 0.6 is 11.3 Å². The van der Waals surface area contributed by atoms with Crippen molar-refractivity contribution in [3.63, 3.8) is 0 Å². The predicted molar refractivity (Wildman–Crippen MR) is 84.8 cm³/mol. The highest BCUT2D eigenvalue weighted by Crippen LogP contribution is 2.28. The van der Waals surface area contributed by atoms with Crippen LogP contribution < -0.4 is 5.32 Å². The zero-order chi connectivity index (χ0) is 14.4. The van der Waals surface area contributed by atoms with Gasteiger partial charge >= 0.3 is 0 Å². The van der Waals surface area contributed by atoms with Crippen molar-refractivity contribution in [3.05, 3.63) is 40.2 Å². The van der Waals surface area contributed by atoms with E-state index in [1.807, 2.05) is 6.07 Å². The highest BCUT2D eigenvalue weighted by Gasteiger charge is 2.12. The Morgan fingerprint density at radius 1 is 1.25 bits per heavy atom. The van der Waals surface area contributed by atoms with Gasteiger partial charge in [0.05, 0.1) is 12.3 Å².